The average molecular weight is 307 g/mol. The second-order valence-corrected chi connectivity index (χ2v) is 6.82. The first-order valence-electron chi connectivity index (χ1n) is 7.19. The van der Waals surface area contributed by atoms with Crippen molar-refractivity contribution in [3.63, 3.8) is 0 Å². The van der Waals surface area contributed by atoms with E-state index >= 15 is 0 Å². The molecule has 0 spiro atoms. The quantitative estimate of drug-likeness (QED) is 0.770. The molecule has 0 saturated heterocycles. The predicted molar refractivity (Wildman–Crippen MR) is 85.5 cm³/mol. The molecular formula is C15H21N3O2S. The van der Waals surface area contributed by atoms with Crippen LogP contribution in [0.2, 0.25) is 0 Å². The van der Waals surface area contributed by atoms with Gasteiger partial charge in [0.05, 0.1) is 10.4 Å². The number of unbranched alkanes of at least 4 members (excludes halogenated alkanes) is 3. The van der Waals surface area contributed by atoms with Gasteiger partial charge in [-0.15, -0.1) is 0 Å². The Morgan fingerprint density at radius 2 is 1.95 bits per heavy atom. The molecule has 1 aromatic carbocycles. The molecule has 114 valence electrons. The van der Waals surface area contributed by atoms with Gasteiger partial charge in [-0.1, -0.05) is 26.2 Å². The van der Waals surface area contributed by atoms with E-state index < -0.39 is 10.0 Å². The second kappa shape index (κ2) is 6.87. The molecule has 3 N–H and O–H groups in total. The molecule has 0 bridgehead atoms. The third-order valence-corrected chi connectivity index (χ3v) is 4.77. The predicted octanol–water partition coefficient (Wildman–Crippen LogP) is 2.68. The molecule has 2 rings (SSSR count). The fourth-order valence-electron chi connectivity index (χ4n) is 2.13. The van der Waals surface area contributed by atoms with Crippen LogP contribution in [0.15, 0.2) is 35.2 Å². The van der Waals surface area contributed by atoms with Crippen LogP contribution in [0.25, 0.3) is 10.9 Å². The van der Waals surface area contributed by atoms with E-state index in [1.165, 1.54) is 0 Å². The van der Waals surface area contributed by atoms with Crippen LogP contribution in [-0.2, 0) is 10.0 Å². The SMILES string of the molecule is CCCCCCNS(=O)(=O)c1ccc2nc(N)ccc2c1. The lowest BCUT2D eigenvalue weighted by atomic mass is 10.2. The van der Waals surface area contributed by atoms with Crippen LogP contribution in [0.1, 0.15) is 32.6 Å². The van der Waals surface area contributed by atoms with Crippen molar-refractivity contribution in [1.82, 2.24) is 9.71 Å². The molecule has 0 radical (unpaired) electrons. The van der Waals surface area contributed by atoms with Crippen molar-refractivity contribution in [3.05, 3.63) is 30.3 Å². The number of nitrogen functional groups attached to an aromatic ring is 1. The molecule has 5 nitrogen and oxygen atoms in total. The van der Waals surface area contributed by atoms with E-state index in [1.807, 2.05) is 0 Å². The van der Waals surface area contributed by atoms with Gasteiger partial charge in [0, 0.05) is 11.9 Å². The minimum atomic E-state index is -3.46. The van der Waals surface area contributed by atoms with Crippen LogP contribution in [0.3, 0.4) is 0 Å². The Balaban J connectivity index is 2.11. The van der Waals surface area contributed by atoms with Gasteiger partial charge >= 0.3 is 0 Å². The van der Waals surface area contributed by atoms with E-state index in [-0.39, 0.29) is 4.90 Å². The molecule has 0 fully saturated rings. The van der Waals surface area contributed by atoms with Crippen molar-refractivity contribution in [2.24, 2.45) is 0 Å². The minimum Gasteiger partial charge on any atom is -0.384 e. The zero-order chi connectivity index (χ0) is 15.3. The fraction of sp³-hybridized carbons (Fsp3) is 0.400. The van der Waals surface area contributed by atoms with Crippen LogP contribution in [0, 0.1) is 0 Å². The van der Waals surface area contributed by atoms with Gasteiger partial charge in [-0.05, 0) is 36.8 Å². The number of nitrogens with one attached hydrogen (secondary N) is 1. The number of benzene rings is 1. The summed E-state index contributed by atoms with van der Waals surface area (Å²) in [5, 5.41) is 0.762. The molecule has 1 heterocycles. The topological polar surface area (TPSA) is 85.1 Å². The Hall–Kier alpha value is -1.66. The normalized spacial score (nSPS) is 11.9. The zero-order valence-corrected chi connectivity index (χ0v) is 13.0. The first kappa shape index (κ1) is 15.7. The molecule has 0 aliphatic rings. The van der Waals surface area contributed by atoms with E-state index in [9.17, 15) is 8.42 Å². The average Bonchev–Trinajstić information content (AvgIpc) is 2.46. The van der Waals surface area contributed by atoms with Crippen molar-refractivity contribution < 1.29 is 8.42 Å². The summed E-state index contributed by atoms with van der Waals surface area (Å²) in [5.41, 5.74) is 6.30. The third-order valence-electron chi connectivity index (χ3n) is 3.31. The zero-order valence-electron chi connectivity index (χ0n) is 12.2. The Morgan fingerprint density at radius 3 is 2.71 bits per heavy atom. The highest BCUT2D eigenvalue weighted by atomic mass is 32.2. The first-order valence-corrected chi connectivity index (χ1v) is 8.67. The van der Waals surface area contributed by atoms with E-state index in [0.717, 1.165) is 31.1 Å². The summed E-state index contributed by atoms with van der Waals surface area (Å²) in [7, 11) is -3.46. The van der Waals surface area contributed by atoms with Gasteiger partial charge in [0.2, 0.25) is 10.0 Å². The number of nitrogens with zero attached hydrogens (tertiary/aromatic N) is 1. The van der Waals surface area contributed by atoms with Crippen molar-refractivity contribution in [3.8, 4) is 0 Å². The van der Waals surface area contributed by atoms with Crippen molar-refractivity contribution in [2.75, 3.05) is 12.3 Å². The van der Waals surface area contributed by atoms with E-state index in [2.05, 4.69) is 16.6 Å². The van der Waals surface area contributed by atoms with Gasteiger partial charge in [0.25, 0.3) is 0 Å². The molecule has 0 saturated carbocycles. The van der Waals surface area contributed by atoms with Crippen molar-refractivity contribution >= 4 is 26.7 Å². The monoisotopic (exact) mass is 307 g/mol. The van der Waals surface area contributed by atoms with Gasteiger partial charge in [0.15, 0.2) is 0 Å². The van der Waals surface area contributed by atoms with Gasteiger partial charge in [-0.25, -0.2) is 18.1 Å². The number of fused-ring (bicyclic) bond motifs is 1. The second-order valence-electron chi connectivity index (χ2n) is 5.05. The maximum Gasteiger partial charge on any atom is 0.240 e. The maximum absolute atomic E-state index is 12.2. The van der Waals surface area contributed by atoms with E-state index in [4.69, 9.17) is 5.73 Å². The summed E-state index contributed by atoms with van der Waals surface area (Å²) in [6.45, 7) is 2.60. The summed E-state index contributed by atoms with van der Waals surface area (Å²) in [6, 6.07) is 8.30. The van der Waals surface area contributed by atoms with E-state index in [0.29, 0.717) is 17.9 Å². The molecule has 6 heteroatoms. The lowest BCUT2D eigenvalue weighted by Crippen LogP contribution is -2.24. The number of sulfonamides is 1. The maximum atomic E-state index is 12.2. The van der Waals surface area contributed by atoms with Crippen LogP contribution >= 0.6 is 0 Å². The molecule has 0 amide bonds. The van der Waals surface area contributed by atoms with Crippen LogP contribution < -0.4 is 10.5 Å². The summed E-state index contributed by atoms with van der Waals surface area (Å²) in [4.78, 5) is 4.42. The number of aromatic nitrogens is 1. The van der Waals surface area contributed by atoms with Gasteiger partial charge in [-0.2, -0.15) is 0 Å². The first-order chi connectivity index (χ1) is 10.0. The van der Waals surface area contributed by atoms with Gasteiger partial charge < -0.3 is 5.73 Å². The Bertz CT molecular complexity index is 714. The highest BCUT2D eigenvalue weighted by molar-refractivity contribution is 7.89. The minimum absolute atomic E-state index is 0.261. The van der Waals surface area contributed by atoms with Crippen LogP contribution in [-0.4, -0.2) is 19.9 Å². The molecule has 0 aliphatic heterocycles. The Labute approximate surface area is 125 Å². The molecule has 0 aliphatic carbocycles. The van der Waals surface area contributed by atoms with Crippen molar-refractivity contribution in [2.45, 2.75) is 37.5 Å². The number of hydrogen-bond donors (Lipinski definition) is 2. The number of hydrogen-bond acceptors (Lipinski definition) is 4. The highest BCUT2D eigenvalue weighted by Crippen LogP contribution is 2.18. The molecule has 2 aromatic rings. The molecule has 21 heavy (non-hydrogen) atoms. The molecule has 0 atom stereocenters. The number of nitrogens with two attached hydrogens (primary N) is 1. The Kier molecular flexibility index (Phi) is 5.14. The number of anilines is 1. The summed E-state index contributed by atoms with van der Waals surface area (Å²) in [6.07, 6.45) is 4.16. The van der Waals surface area contributed by atoms with Gasteiger partial charge in [0.1, 0.15) is 5.82 Å². The Morgan fingerprint density at radius 1 is 1.14 bits per heavy atom. The van der Waals surface area contributed by atoms with Crippen LogP contribution in [0.5, 0.6) is 0 Å². The van der Waals surface area contributed by atoms with Crippen molar-refractivity contribution in [1.29, 1.82) is 0 Å². The summed E-state index contributed by atoms with van der Waals surface area (Å²) in [5.74, 6) is 0.423. The summed E-state index contributed by atoms with van der Waals surface area (Å²) < 4.78 is 27.1. The van der Waals surface area contributed by atoms with Crippen LogP contribution in [0.4, 0.5) is 5.82 Å². The standard InChI is InChI=1S/C15H21N3O2S/c1-2-3-4-5-10-17-21(19,20)13-7-8-14-12(11-13)6-9-15(16)18-14/h6-9,11,17H,2-5,10H2,1H3,(H2,16,18). The van der Waals surface area contributed by atoms with Gasteiger partial charge in [-0.3, -0.25) is 0 Å². The highest BCUT2D eigenvalue weighted by Gasteiger charge is 2.13. The third kappa shape index (κ3) is 4.15. The molecule has 0 unspecified atom stereocenters. The lowest BCUT2D eigenvalue weighted by Gasteiger charge is -2.07. The largest absolute Gasteiger partial charge is 0.384 e. The summed E-state index contributed by atoms with van der Waals surface area (Å²) >= 11 is 0. The number of rotatable bonds is 7. The fourth-order valence-corrected chi connectivity index (χ4v) is 3.24. The smallest absolute Gasteiger partial charge is 0.240 e. The lowest BCUT2D eigenvalue weighted by molar-refractivity contribution is 0.574. The number of pyridine rings is 1. The van der Waals surface area contributed by atoms with E-state index in [1.54, 1.807) is 30.3 Å². The molecular weight excluding hydrogens is 286 g/mol. The molecule has 1 aromatic heterocycles.